The summed E-state index contributed by atoms with van der Waals surface area (Å²) in [5.41, 5.74) is 1.04. The minimum atomic E-state index is -0.0976. The summed E-state index contributed by atoms with van der Waals surface area (Å²) in [7, 11) is 4.02. The maximum absolute atomic E-state index is 11.9. The highest BCUT2D eigenvalue weighted by molar-refractivity contribution is 6.12. The van der Waals surface area contributed by atoms with Crippen molar-refractivity contribution in [2.24, 2.45) is 11.8 Å². The molecule has 4 atom stereocenters. The molecule has 21 heavy (non-hydrogen) atoms. The third-order valence-corrected chi connectivity index (χ3v) is 4.73. The summed E-state index contributed by atoms with van der Waals surface area (Å²) in [6, 6.07) is 9.81. The molecule has 1 aromatic rings. The molecule has 0 aliphatic heterocycles. The molecular formula is C17H25BO3. The van der Waals surface area contributed by atoms with E-state index in [4.69, 9.17) is 9.47 Å². The van der Waals surface area contributed by atoms with Gasteiger partial charge in [-0.2, -0.15) is 0 Å². The Balaban J connectivity index is 1.72. The smallest absolute Gasteiger partial charge is 0.306 e. The standard InChI is InChI=1S/C17H25BO3/c1-12-14(10-15(18)17(12)20-2)8-9-16(19)21-11-13-6-4-3-5-7-13/h3-7,12,14-15,17H,8-11,18H2,1-2H3/t12?,14-,15+,17-/m0/s1. The monoisotopic (exact) mass is 288 g/mol. The van der Waals surface area contributed by atoms with Gasteiger partial charge in [-0.3, -0.25) is 4.79 Å². The van der Waals surface area contributed by atoms with Crippen molar-refractivity contribution in [3.05, 3.63) is 35.9 Å². The lowest BCUT2D eigenvalue weighted by atomic mass is 9.83. The van der Waals surface area contributed by atoms with Gasteiger partial charge in [0.25, 0.3) is 0 Å². The number of ether oxygens (including phenoxy) is 2. The zero-order chi connectivity index (χ0) is 15.2. The normalized spacial score (nSPS) is 28.5. The largest absolute Gasteiger partial charge is 0.461 e. The van der Waals surface area contributed by atoms with Gasteiger partial charge in [0, 0.05) is 13.5 Å². The summed E-state index contributed by atoms with van der Waals surface area (Å²) in [5.74, 6) is 1.57. The molecule has 0 spiro atoms. The number of methoxy groups -OCH3 is 1. The van der Waals surface area contributed by atoms with Crippen molar-refractivity contribution in [3.63, 3.8) is 0 Å². The van der Waals surface area contributed by atoms with Gasteiger partial charge in [-0.05, 0) is 29.6 Å². The summed E-state index contributed by atoms with van der Waals surface area (Å²) in [6.07, 6.45) is 2.88. The van der Waals surface area contributed by atoms with Crippen LogP contribution in [0.4, 0.5) is 0 Å². The van der Waals surface area contributed by atoms with Crippen LogP contribution in [0.3, 0.4) is 0 Å². The van der Waals surface area contributed by atoms with E-state index >= 15 is 0 Å². The van der Waals surface area contributed by atoms with E-state index in [9.17, 15) is 4.79 Å². The summed E-state index contributed by atoms with van der Waals surface area (Å²) in [6.45, 7) is 2.61. The van der Waals surface area contributed by atoms with E-state index in [-0.39, 0.29) is 5.97 Å². The summed E-state index contributed by atoms with van der Waals surface area (Å²) in [5, 5.41) is 0. The van der Waals surface area contributed by atoms with Crippen LogP contribution in [0.25, 0.3) is 0 Å². The van der Waals surface area contributed by atoms with Crippen LogP contribution in [0, 0.1) is 11.8 Å². The van der Waals surface area contributed by atoms with Crippen molar-refractivity contribution >= 4 is 13.8 Å². The molecular weight excluding hydrogens is 263 g/mol. The average molecular weight is 288 g/mol. The van der Waals surface area contributed by atoms with E-state index in [1.165, 1.54) is 0 Å². The summed E-state index contributed by atoms with van der Waals surface area (Å²) in [4.78, 5) is 11.9. The van der Waals surface area contributed by atoms with Gasteiger partial charge in [0.05, 0.1) is 6.10 Å². The fourth-order valence-electron chi connectivity index (χ4n) is 3.55. The highest BCUT2D eigenvalue weighted by atomic mass is 16.5. The quantitative estimate of drug-likeness (QED) is 0.596. The van der Waals surface area contributed by atoms with Crippen molar-refractivity contribution in [1.82, 2.24) is 0 Å². The minimum Gasteiger partial charge on any atom is -0.461 e. The zero-order valence-electron chi connectivity index (χ0n) is 13.2. The molecule has 114 valence electrons. The lowest BCUT2D eigenvalue weighted by Crippen LogP contribution is -2.21. The predicted octanol–water partition coefficient (Wildman–Crippen LogP) is 2.60. The SMILES string of the molecule is B[C@@H]1C[C@H](CCC(=O)OCc2ccccc2)C(C)[C@@H]1OC. The number of carbonyl (C=O) groups excluding carboxylic acids is 1. The van der Waals surface area contributed by atoms with Crippen molar-refractivity contribution in [2.75, 3.05) is 7.11 Å². The van der Waals surface area contributed by atoms with E-state index in [0.29, 0.717) is 36.8 Å². The lowest BCUT2D eigenvalue weighted by Gasteiger charge is -2.20. The first-order valence-electron chi connectivity index (χ1n) is 7.84. The van der Waals surface area contributed by atoms with Crippen LogP contribution >= 0.6 is 0 Å². The van der Waals surface area contributed by atoms with Gasteiger partial charge in [-0.1, -0.05) is 43.7 Å². The topological polar surface area (TPSA) is 35.5 Å². The van der Waals surface area contributed by atoms with Crippen LogP contribution in [0.5, 0.6) is 0 Å². The molecule has 2 rings (SSSR count). The third kappa shape index (κ3) is 4.34. The zero-order valence-corrected chi connectivity index (χ0v) is 13.2. The van der Waals surface area contributed by atoms with Crippen LogP contribution in [0.1, 0.15) is 31.7 Å². The Hall–Kier alpha value is -1.29. The maximum atomic E-state index is 11.9. The Morgan fingerprint density at radius 1 is 1.33 bits per heavy atom. The van der Waals surface area contributed by atoms with Gasteiger partial charge < -0.3 is 9.47 Å². The van der Waals surface area contributed by atoms with Crippen molar-refractivity contribution in [3.8, 4) is 0 Å². The van der Waals surface area contributed by atoms with Crippen molar-refractivity contribution < 1.29 is 14.3 Å². The van der Waals surface area contributed by atoms with Crippen LogP contribution in [-0.2, 0) is 20.9 Å². The van der Waals surface area contributed by atoms with E-state index in [2.05, 4.69) is 14.8 Å². The van der Waals surface area contributed by atoms with E-state index < -0.39 is 0 Å². The lowest BCUT2D eigenvalue weighted by molar-refractivity contribution is -0.145. The highest BCUT2D eigenvalue weighted by Crippen LogP contribution is 2.42. The van der Waals surface area contributed by atoms with Crippen LogP contribution in [0.2, 0.25) is 5.82 Å². The molecule has 1 unspecified atom stereocenters. The van der Waals surface area contributed by atoms with Gasteiger partial charge in [-0.15, -0.1) is 0 Å². The van der Waals surface area contributed by atoms with E-state index in [1.807, 2.05) is 30.3 Å². The van der Waals surface area contributed by atoms with Crippen LogP contribution in [-0.4, -0.2) is 27.0 Å². The molecule has 0 saturated heterocycles. The van der Waals surface area contributed by atoms with Crippen molar-refractivity contribution in [2.45, 2.75) is 44.7 Å². The molecule has 0 heterocycles. The molecule has 1 aromatic carbocycles. The first-order chi connectivity index (χ1) is 10.1. The molecule has 0 N–H and O–H groups in total. The Kier molecular flexibility index (Phi) is 5.86. The van der Waals surface area contributed by atoms with Crippen LogP contribution < -0.4 is 0 Å². The molecule has 0 radical (unpaired) electrons. The molecule has 1 aliphatic rings. The summed E-state index contributed by atoms with van der Waals surface area (Å²) < 4.78 is 10.9. The molecule has 3 nitrogen and oxygen atoms in total. The summed E-state index contributed by atoms with van der Waals surface area (Å²) >= 11 is 0. The molecule has 4 heteroatoms. The van der Waals surface area contributed by atoms with Gasteiger partial charge in [0.15, 0.2) is 0 Å². The fourth-order valence-corrected chi connectivity index (χ4v) is 3.55. The molecule has 1 fully saturated rings. The van der Waals surface area contributed by atoms with E-state index in [0.717, 1.165) is 18.4 Å². The van der Waals surface area contributed by atoms with E-state index in [1.54, 1.807) is 7.11 Å². The van der Waals surface area contributed by atoms with Gasteiger partial charge >= 0.3 is 5.97 Å². The van der Waals surface area contributed by atoms with Gasteiger partial charge in [0.2, 0.25) is 0 Å². The third-order valence-electron chi connectivity index (χ3n) is 4.73. The number of hydrogen-bond donors (Lipinski definition) is 0. The molecule has 1 aliphatic carbocycles. The molecule has 0 amide bonds. The highest BCUT2D eigenvalue weighted by Gasteiger charge is 2.38. The van der Waals surface area contributed by atoms with Gasteiger partial charge in [0.1, 0.15) is 14.5 Å². The van der Waals surface area contributed by atoms with Crippen LogP contribution in [0.15, 0.2) is 30.3 Å². The number of esters is 1. The Labute approximate surface area is 128 Å². The molecule has 0 bridgehead atoms. The number of rotatable bonds is 6. The fraction of sp³-hybridized carbons (Fsp3) is 0.588. The first kappa shape index (κ1) is 16.1. The number of carbonyl (C=O) groups is 1. The average Bonchev–Trinajstić information content (AvgIpc) is 2.77. The first-order valence-corrected chi connectivity index (χ1v) is 7.84. The second kappa shape index (κ2) is 7.65. The maximum Gasteiger partial charge on any atom is 0.306 e. The molecule has 1 saturated carbocycles. The van der Waals surface area contributed by atoms with Crippen molar-refractivity contribution in [1.29, 1.82) is 0 Å². The Morgan fingerprint density at radius 3 is 2.67 bits per heavy atom. The molecule has 0 aromatic heterocycles. The second-order valence-electron chi connectivity index (χ2n) is 6.22. The predicted molar refractivity (Wildman–Crippen MR) is 85.8 cm³/mol. The number of benzene rings is 1. The number of hydrogen-bond acceptors (Lipinski definition) is 3. The second-order valence-corrected chi connectivity index (χ2v) is 6.22. The minimum absolute atomic E-state index is 0.0976. The Bertz CT molecular complexity index is 449. The van der Waals surface area contributed by atoms with Gasteiger partial charge in [-0.25, -0.2) is 0 Å². The Morgan fingerprint density at radius 2 is 2.05 bits per heavy atom.